The highest BCUT2D eigenvalue weighted by Crippen LogP contribution is 2.22. The van der Waals surface area contributed by atoms with Crippen LogP contribution in [0.5, 0.6) is 0 Å². The Bertz CT molecular complexity index is 517. The average Bonchev–Trinajstić information content (AvgIpc) is 2.37. The molecule has 1 N–H and O–H groups in total. The number of thiocarbonyl (C=S) groups is 1. The molecule has 0 radical (unpaired) electrons. The molecule has 1 aromatic carbocycles. The molecule has 0 saturated carbocycles. The number of carbonyl (C=O) groups excluding carboxylic acids is 1. The van der Waals surface area contributed by atoms with Gasteiger partial charge in [0.25, 0.3) is 5.17 Å². The van der Waals surface area contributed by atoms with Crippen LogP contribution in [0.25, 0.3) is 0 Å². The van der Waals surface area contributed by atoms with Gasteiger partial charge in [0.2, 0.25) is 0 Å². The first kappa shape index (κ1) is 16.5. The highest BCUT2D eigenvalue weighted by atomic mass is 35.5. The van der Waals surface area contributed by atoms with E-state index in [-0.39, 0.29) is 16.8 Å². The number of rotatable bonds is 5. The van der Waals surface area contributed by atoms with Crippen molar-refractivity contribution in [3.05, 3.63) is 41.4 Å². The zero-order chi connectivity index (χ0) is 15.1. The molecule has 0 unspecified atom stereocenters. The minimum absolute atomic E-state index is 0.190. The summed E-state index contributed by atoms with van der Waals surface area (Å²) >= 11 is 11.0. The van der Waals surface area contributed by atoms with Gasteiger partial charge in [-0.2, -0.15) is 0 Å². The number of hydrogen-bond donors (Lipinski definition) is 1. The normalized spacial score (nSPS) is 10.0. The van der Waals surface area contributed by atoms with E-state index in [4.69, 9.17) is 33.3 Å². The van der Waals surface area contributed by atoms with Gasteiger partial charge in [-0.25, -0.2) is 4.79 Å². The number of nitrogens with one attached hydrogen (secondary N) is 1. The summed E-state index contributed by atoms with van der Waals surface area (Å²) in [4.78, 5) is 11.9. The van der Waals surface area contributed by atoms with E-state index >= 15 is 0 Å². The Morgan fingerprint density at radius 1 is 1.55 bits per heavy atom. The van der Waals surface area contributed by atoms with E-state index in [1.54, 1.807) is 38.1 Å². The molecule has 0 amide bonds. The van der Waals surface area contributed by atoms with Gasteiger partial charge in [0, 0.05) is 5.69 Å². The molecule has 6 heteroatoms. The van der Waals surface area contributed by atoms with Crippen LogP contribution in [0.4, 0.5) is 5.69 Å². The third kappa shape index (κ3) is 5.19. The highest BCUT2D eigenvalue weighted by Gasteiger charge is 2.14. The summed E-state index contributed by atoms with van der Waals surface area (Å²) in [6, 6.07) is 4.85. The van der Waals surface area contributed by atoms with Crippen LogP contribution in [-0.2, 0) is 9.47 Å². The van der Waals surface area contributed by atoms with Crippen LogP contribution in [0.15, 0.2) is 30.9 Å². The fraction of sp³-hybridized carbons (Fsp3) is 0.286. The van der Waals surface area contributed by atoms with Crippen LogP contribution in [0.3, 0.4) is 0 Å². The summed E-state index contributed by atoms with van der Waals surface area (Å²) in [5.41, 5.74) is 0.871. The van der Waals surface area contributed by atoms with Crippen LogP contribution in [0.2, 0.25) is 5.02 Å². The van der Waals surface area contributed by atoms with E-state index in [0.29, 0.717) is 17.3 Å². The Morgan fingerprint density at radius 2 is 2.25 bits per heavy atom. The van der Waals surface area contributed by atoms with E-state index in [1.807, 2.05) is 0 Å². The quantitative estimate of drug-likeness (QED) is 0.509. The van der Waals surface area contributed by atoms with Gasteiger partial charge in [-0.1, -0.05) is 24.3 Å². The molecule has 0 atom stereocenters. The van der Waals surface area contributed by atoms with Crippen LogP contribution >= 0.6 is 23.8 Å². The lowest BCUT2D eigenvalue weighted by atomic mass is 10.2. The summed E-state index contributed by atoms with van der Waals surface area (Å²) in [5, 5.41) is 3.36. The summed E-state index contributed by atoms with van der Waals surface area (Å²) in [5.74, 6) is -0.480. The maximum Gasteiger partial charge on any atom is 0.339 e. The van der Waals surface area contributed by atoms with Gasteiger partial charge in [-0.15, -0.1) is 0 Å². The predicted octanol–water partition coefficient (Wildman–Crippen LogP) is 3.80. The second-order valence-corrected chi connectivity index (χ2v) is 4.94. The van der Waals surface area contributed by atoms with Gasteiger partial charge in [0.1, 0.15) is 6.61 Å². The lowest BCUT2D eigenvalue weighted by Crippen LogP contribution is -2.15. The first-order chi connectivity index (χ1) is 9.43. The van der Waals surface area contributed by atoms with Gasteiger partial charge < -0.3 is 14.8 Å². The molecule has 0 fully saturated rings. The molecular weight excluding hydrogens is 298 g/mol. The minimum Gasteiger partial charge on any atom is -0.467 e. The molecule has 0 aliphatic rings. The van der Waals surface area contributed by atoms with E-state index in [9.17, 15) is 4.79 Å². The SMILES string of the molecule is C=CCOC(=S)Nc1ccc(Cl)c(C(=O)OC(C)C)c1. The molecule has 0 bridgehead atoms. The molecule has 0 heterocycles. The fourth-order valence-electron chi connectivity index (χ4n) is 1.33. The van der Waals surface area contributed by atoms with E-state index < -0.39 is 5.97 Å². The summed E-state index contributed by atoms with van der Waals surface area (Å²) < 4.78 is 10.3. The zero-order valence-electron chi connectivity index (χ0n) is 11.3. The van der Waals surface area contributed by atoms with Crippen LogP contribution in [0, 0.1) is 0 Å². The lowest BCUT2D eigenvalue weighted by Gasteiger charge is -2.12. The van der Waals surface area contributed by atoms with Crippen molar-refractivity contribution in [2.45, 2.75) is 20.0 Å². The smallest absolute Gasteiger partial charge is 0.339 e. The van der Waals surface area contributed by atoms with E-state index in [2.05, 4.69) is 11.9 Å². The van der Waals surface area contributed by atoms with Gasteiger partial charge >= 0.3 is 5.97 Å². The molecular formula is C14H16ClNO3S. The summed E-state index contributed by atoms with van der Waals surface area (Å²) in [6.45, 7) is 7.37. The number of ether oxygens (including phenoxy) is 2. The third-order valence-electron chi connectivity index (χ3n) is 2.11. The van der Waals surface area contributed by atoms with Crippen molar-refractivity contribution in [2.75, 3.05) is 11.9 Å². The Balaban J connectivity index is 2.83. The van der Waals surface area contributed by atoms with Crippen LogP contribution in [-0.4, -0.2) is 23.9 Å². The van der Waals surface area contributed by atoms with Gasteiger partial charge in [-0.05, 0) is 44.3 Å². The largest absolute Gasteiger partial charge is 0.467 e. The Labute approximate surface area is 128 Å². The fourth-order valence-corrected chi connectivity index (χ4v) is 1.71. The molecule has 0 saturated heterocycles. The summed E-state index contributed by atoms with van der Waals surface area (Å²) in [7, 11) is 0. The molecule has 0 aliphatic heterocycles. The van der Waals surface area contributed by atoms with E-state index in [1.165, 1.54) is 0 Å². The number of benzene rings is 1. The van der Waals surface area contributed by atoms with Crippen molar-refractivity contribution in [1.29, 1.82) is 0 Å². The number of esters is 1. The standard InChI is InChI=1S/C14H16ClNO3S/c1-4-7-18-14(20)16-10-5-6-12(15)11(8-10)13(17)19-9(2)3/h4-6,8-9H,1,7H2,2-3H3,(H,16,20). The van der Waals surface area contributed by atoms with Gasteiger partial charge in [0.05, 0.1) is 16.7 Å². The van der Waals surface area contributed by atoms with Gasteiger partial charge in [0.15, 0.2) is 0 Å². The molecule has 0 aromatic heterocycles. The lowest BCUT2D eigenvalue weighted by molar-refractivity contribution is 0.0378. The Kier molecular flexibility index (Phi) is 6.48. The molecule has 1 rings (SSSR count). The average molecular weight is 314 g/mol. The van der Waals surface area contributed by atoms with Gasteiger partial charge in [-0.3, -0.25) is 0 Å². The van der Waals surface area contributed by atoms with E-state index in [0.717, 1.165) is 0 Å². The molecule has 20 heavy (non-hydrogen) atoms. The highest BCUT2D eigenvalue weighted by molar-refractivity contribution is 7.80. The third-order valence-corrected chi connectivity index (χ3v) is 2.66. The van der Waals surface area contributed by atoms with Crippen molar-refractivity contribution in [2.24, 2.45) is 0 Å². The summed E-state index contributed by atoms with van der Waals surface area (Å²) in [6.07, 6.45) is 1.37. The molecule has 0 aliphatic carbocycles. The maximum absolute atomic E-state index is 11.9. The van der Waals surface area contributed by atoms with Crippen LogP contribution < -0.4 is 5.32 Å². The van der Waals surface area contributed by atoms with Crippen molar-refractivity contribution in [1.82, 2.24) is 0 Å². The maximum atomic E-state index is 11.9. The first-order valence-electron chi connectivity index (χ1n) is 5.99. The number of anilines is 1. The molecule has 0 spiro atoms. The Hall–Kier alpha value is -1.59. The Morgan fingerprint density at radius 3 is 2.85 bits per heavy atom. The number of carbonyl (C=O) groups is 1. The number of hydrogen-bond acceptors (Lipinski definition) is 4. The molecule has 4 nitrogen and oxygen atoms in total. The monoisotopic (exact) mass is 313 g/mol. The minimum atomic E-state index is -0.480. The van der Waals surface area contributed by atoms with Crippen molar-refractivity contribution in [3.63, 3.8) is 0 Å². The molecule has 108 valence electrons. The zero-order valence-corrected chi connectivity index (χ0v) is 12.9. The molecule has 1 aromatic rings. The second kappa shape index (κ2) is 7.87. The predicted molar refractivity (Wildman–Crippen MR) is 84.4 cm³/mol. The number of halogens is 1. The second-order valence-electron chi connectivity index (χ2n) is 4.16. The van der Waals surface area contributed by atoms with Crippen molar-refractivity contribution < 1.29 is 14.3 Å². The van der Waals surface area contributed by atoms with Crippen molar-refractivity contribution >= 4 is 40.7 Å². The topological polar surface area (TPSA) is 47.6 Å². The van der Waals surface area contributed by atoms with Crippen molar-refractivity contribution in [3.8, 4) is 0 Å². The first-order valence-corrected chi connectivity index (χ1v) is 6.78. The van der Waals surface area contributed by atoms with Crippen LogP contribution in [0.1, 0.15) is 24.2 Å².